The van der Waals surface area contributed by atoms with Gasteiger partial charge in [0.1, 0.15) is 0 Å². The van der Waals surface area contributed by atoms with Crippen molar-refractivity contribution in [2.75, 3.05) is 13.2 Å². The molecule has 4 nitrogen and oxygen atoms in total. The van der Waals surface area contributed by atoms with Crippen LogP contribution in [0.5, 0.6) is 0 Å². The number of rotatable bonds is 5. The molecule has 1 aliphatic carbocycles. The summed E-state index contributed by atoms with van der Waals surface area (Å²) in [7, 11) is 0. The lowest BCUT2D eigenvalue weighted by Crippen LogP contribution is -2.52. The lowest BCUT2D eigenvalue weighted by Gasteiger charge is -2.40. The summed E-state index contributed by atoms with van der Waals surface area (Å²) in [5.74, 6) is 0. The standard InChI is InChI=1S/C14H25N3O/c1-3-8-15-14(11-18)7-4-5-13(10-14)17-9-6-12(2)16-17/h6,9,13,15,18H,3-5,7-8,10-11H2,1-2H3. The Morgan fingerprint density at radius 2 is 2.44 bits per heavy atom. The first-order valence-electron chi connectivity index (χ1n) is 7.07. The van der Waals surface area contributed by atoms with Crippen molar-refractivity contribution in [1.82, 2.24) is 15.1 Å². The van der Waals surface area contributed by atoms with Crippen LogP contribution in [0.15, 0.2) is 12.3 Å². The van der Waals surface area contributed by atoms with Crippen molar-refractivity contribution in [3.05, 3.63) is 18.0 Å². The van der Waals surface area contributed by atoms with Gasteiger partial charge < -0.3 is 10.4 Å². The molecule has 0 radical (unpaired) electrons. The summed E-state index contributed by atoms with van der Waals surface area (Å²) in [5, 5.41) is 17.8. The maximum Gasteiger partial charge on any atom is 0.0614 e. The van der Waals surface area contributed by atoms with Crippen LogP contribution in [0.3, 0.4) is 0 Å². The zero-order valence-corrected chi connectivity index (χ0v) is 11.5. The molecule has 0 amide bonds. The highest BCUT2D eigenvalue weighted by Crippen LogP contribution is 2.35. The van der Waals surface area contributed by atoms with Crippen LogP contribution in [0.1, 0.15) is 50.8 Å². The van der Waals surface area contributed by atoms with Gasteiger partial charge in [-0.15, -0.1) is 0 Å². The molecule has 4 heteroatoms. The molecule has 2 unspecified atom stereocenters. The normalized spacial score (nSPS) is 28.5. The van der Waals surface area contributed by atoms with Gasteiger partial charge in [-0.2, -0.15) is 5.10 Å². The molecule has 1 heterocycles. The molecule has 102 valence electrons. The first-order valence-corrected chi connectivity index (χ1v) is 7.07. The van der Waals surface area contributed by atoms with Crippen molar-refractivity contribution in [3.63, 3.8) is 0 Å². The number of nitrogens with zero attached hydrogens (tertiary/aromatic N) is 2. The van der Waals surface area contributed by atoms with Crippen LogP contribution in [-0.4, -0.2) is 33.6 Å². The average molecular weight is 251 g/mol. The van der Waals surface area contributed by atoms with Gasteiger partial charge in [-0.3, -0.25) is 4.68 Å². The van der Waals surface area contributed by atoms with E-state index in [0.717, 1.165) is 44.3 Å². The average Bonchev–Trinajstić information content (AvgIpc) is 2.83. The van der Waals surface area contributed by atoms with Crippen LogP contribution in [0, 0.1) is 6.92 Å². The summed E-state index contributed by atoms with van der Waals surface area (Å²) in [6.07, 6.45) is 7.53. The molecule has 1 aromatic rings. The summed E-state index contributed by atoms with van der Waals surface area (Å²) in [6, 6.07) is 2.47. The third kappa shape index (κ3) is 2.93. The largest absolute Gasteiger partial charge is 0.394 e. The second kappa shape index (κ2) is 5.85. The number of aromatic nitrogens is 2. The third-order valence-electron chi connectivity index (χ3n) is 3.99. The van der Waals surface area contributed by atoms with Gasteiger partial charge in [-0.05, 0) is 51.6 Å². The molecule has 0 aliphatic heterocycles. The van der Waals surface area contributed by atoms with Gasteiger partial charge in [0.2, 0.25) is 0 Å². The second-order valence-corrected chi connectivity index (χ2v) is 5.55. The number of hydrogen-bond acceptors (Lipinski definition) is 3. The van der Waals surface area contributed by atoms with E-state index in [2.05, 4.69) is 34.3 Å². The molecule has 0 aromatic carbocycles. The van der Waals surface area contributed by atoms with Crippen molar-refractivity contribution in [2.24, 2.45) is 0 Å². The third-order valence-corrected chi connectivity index (χ3v) is 3.99. The highest BCUT2D eigenvalue weighted by molar-refractivity contribution is 5.00. The number of aliphatic hydroxyl groups is 1. The van der Waals surface area contributed by atoms with Gasteiger partial charge in [0.15, 0.2) is 0 Å². The van der Waals surface area contributed by atoms with Crippen molar-refractivity contribution in [3.8, 4) is 0 Å². The van der Waals surface area contributed by atoms with E-state index in [1.54, 1.807) is 0 Å². The van der Waals surface area contributed by atoms with E-state index in [9.17, 15) is 5.11 Å². The Morgan fingerprint density at radius 1 is 1.61 bits per heavy atom. The highest BCUT2D eigenvalue weighted by atomic mass is 16.3. The minimum atomic E-state index is -0.0984. The quantitative estimate of drug-likeness (QED) is 0.842. The van der Waals surface area contributed by atoms with Crippen molar-refractivity contribution in [2.45, 2.75) is 57.5 Å². The molecular formula is C14H25N3O. The smallest absolute Gasteiger partial charge is 0.0614 e. The SMILES string of the molecule is CCCNC1(CO)CCCC(n2ccc(C)n2)C1. The van der Waals surface area contributed by atoms with E-state index in [1.807, 2.05) is 6.92 Å². The Balaban J connectivity index is 2.06. The Hall–Kier alpha value is -0.870. The summed E-state index contributed by atoms with van der Waals surface area (Å²) in [6.45, 7) is 5.39. The van der Waals surface area contributed by atoms with Crippen LogP contribution in [0.4, 0.5) is 0 Å². The topological polar surface area (TPSA) is 50.1 Å². The summed E-state index contributed by atoms with van der Waals surface area (Å²) < 4.78 is 2.08. The van der Waals surface area contributed by atoms with Crippen molar-refractivity contribution >= 4 is 0 Å². The summed E-state index contributed by atoms with van der Waals surface area (Å²) in [5.41, 5.74) is 0.968. The van der Waals surface area contributed by atoms with Crippen LogP contribution in [0.2, 0.25) is 0 Å². The molecule has 2 atom stereocenters. The first kappa shape index (κ1) is 13.6. The zero-order chi connectivity index (χ0) is 13.0. The Bertz CT molecular complexity index is 377. The van der Waals surface area contributed by atoms with E-state index in [4.69, 9.17) is 0 Å². The van der Waals surface area contributed by atoms with E-state index < -0.39 is 0 Å². The maximum absolute atomic E-state index is 9.75. The van der Waals surface area contributed by atoms with E-state index in [1.165, 1.54) is 0 Å². The number of aliphatic hydroxyl groups excluding tert-OH is 1. The second-order valence-electron chi connectivity index (χ2n) is 5.55. The first-order chi connectivity index (χ1) is 8.69. The van der Waals surface area contributed by atoms with E-state index in [-0.39, 0.29) is 12.1 Å². The molecule has 18 heavy (non-hydrogen) atoms. The fourth-order valence-electron chi connectivity index (χ4n) is 2.94. The van der Waals surface area contributed by atoms with Gasteiger partial charge in [-0.1, -0.05) is 6.92 Å². The summed E-state index contributed by atoms with van der Waals surface area (Å²) in [4.78, 5) is 0. The number of nitrogens with one attached hydrogen (secondary N) is 1. The van der Waals surface area contributed by atoms with Crippen molar-refractivity contribution in [1.29, 1.82) is 0 Å². The van der Waals surface area contributed by atoms with Crippen LogP contribution in [0.25, 0.3) is 0 Å². The zero-order valence-electron chi connectivity index (χ0n) is 11.5. The van der Waals surface area contributed by atoms with E-state index >= 15 is 0 Å². The highest BCUT2D eigenvalue weighted by Gasteiger charge is 2.36. The Labute approximate surface area is 109 Å². The number of aryl methyl sites for hydroxylation is 1. The van der Waals surface area contributed by atoms with Gasteiger partial charge in [0.05, 0.1) is 18.3 Å². The minimum Gasteiger partial charge on any atom is -0.394 e. The molecule has 1 aromatic heterocycles. The molecule has 0 spiro atoms. The molecule has 1 aliphatic rings. The number of hydrogen-bond donors (Lipinski definition) is 2. The van der Waals surface area contributed by atoms with Gasteiger partial charge in [0.25, 0.3) is 0 Å². The predicted molar refractivity (Wildman–Crippen MR) is 72.6 cm³/mol. The van der Waals surface area contributed by atoms with Gasteiger partial charge >= 0.3 is 0 Å². The molecule has 2 rings (SSSR count). The maximum atomic E-state index is 9.75. The molecular weight excluding hydrogens is 226 g/mol. The molecule has 0 saturated heterocycles. The molecule has 2 N–H and O–H groups in total. The Kier molecular flexibility index (Phi) is 4.40. The van der Waals surface area contributed by atoms with E-state index in [0.29, 0.717) is 6.04 Å². The minimum absolute atomic E-state index is 0.0984. The fraction of sp³-hybridized carbons (Fsp3) is 0.786. The van der Waals surface area contributed by atoms with Crippen molar-refractivity contribution < 1.29 is 5.11 Å². The predicted octanol–water partition coefficient (Wildman–Crippen LogP) is 2.04. The molecule has 0 bridgehead atoms. The molecule has 1 fully saturated rings. The Morgan fingerprint density at radius 3 is 3.06 bits per heavy atom. The van der Waals surface area contributed by atoms with Crippen LogP contribution in [-0.2, 0) is 0 Å². The van der Waals surface area contributed by atoms with Crippen LogP contribution < -0.4 is 5.32 Å². The molecule has 1 saturated carbocycles. The summed E-state index contributed by atoms with van der Waals surface area (Å²) >= 11 is 0. The van der Waals surface area contributed by atoms with Gasteiger partial charge in [0, 0.05) is 11.7 Å². The fourth-order valence-corrected chi connectivity index (χ4v) is 2.94. The van der Waals surface area contributed by atoms with Crippen LogP contribution >= 0.6 is 0 Å². The lowest BCUT2D eigenvalue weighted by atomic mass is 9.79. The monoisotopic (exact) mass is 251 g/mol. The van der Waals surface area contributed by atoms with Gasteiger partial charge in [-0.25, -0.2) is 0 Å². The lowest BCUT2D eigenvalue weighted by molar-refractivity contribution is 0.0946.